The van der Waals surface area contributed by atoms with Gasteiger partial charge in [0.2, 0.25) is 0 Å². The molecular weight excluding hydrogens is 475 g/mol. The summed E-state index contributed by atoms with van der Waals surface area (Å²) < 4.78 is 173. The van der Waals surface area contributed by atoms with E-state index in [4.69, 9.17) is 14.9 Å². The highest BCUT2D eigenvalue weighted by Crippen LogP contribution is 2.60. The predicted octanol–water partition coefficient (Wildman–Crippen LogP) is 4.90. The quantitative estimate of drug-likeness (QED) is 0.283. The lowest BCUT2D eigenvalue weighted by molar-refractivity contribution is -0.440. The predicted molar refractivity (Wildman–Crippen MR) is 77.7 cm³/mol. The van der Waals surface area contributed by atoms with Crippen molar-refractivity contribution in [1.29, 1.82) is 0 Å². The number of alkyl halides is 13. The smallest absolute Gasteiger partial charge is 0.396 e. The van der Waals surface area contributed by atoms with Crippen LogP contribution in [0, 0.1) is 5.41 Å². The van der Waals surface area contributed by atoms with Gasteiger partial charge in [-0.25, -0.2) is 0 Å². The van der Waals surface area contributed by atoms with E-state index in [-0.39, 0.29) is 6.42 Å². The Kier molecular flexibility index (Phi) is 9.14. The molecule has 0 bridgehead atoms. The maximum absolute atomic E-state index is 13.5. The number of hydrogen-bond acceptors (Lipinski definition) is 3. The fourth-order valence-corrected chi connectivity index (χ4v) is 2.11. The Bertz CT molecular complexity index is 563. The number of rotatable bonds is 13. The molecule has 0 radical (unpaired) electrons. The van der Waals surface area contributed by atoms with E-state index in [2.05, 4.69) is 0 Å². The van der Waals surface area contributed by atoms with E-state index in [9.17, 15) is 57.1 Å². The Labute approximate surface area is 167 Å². The molecule has 0 saturated heterocycles. The molecule has 0 spiro atoms. The van der Waals surface area contributed by atoms with Crippen molar-refractivity contribution in [3.05, 3.63) is 0 Å². The Morgan fingerprint density at radius 1 is 0.645 bits per heavy atom. The highest BCUT2D eigenvalue weighted by atomic mass is 19.4. The van der Waals surface area contributed by atoms with Crippen LogP contribution >= 0.6 is 0 Å². The summed E-state index contributed by atoms with van der Waals surface area (Å²) in [5, 5.41) is 18.2. The van der Waals surface area contributed by atoms with Crippen molar-refractivity contribution in [2.75, 3.05) is 26.4 Å². The molecule has 0 unspecified atom stereocenters. The van der Waals surface area contributed by atoms with Crippen LogP contribution in [0.25, 0.3) is 0 Å². The van der Waals surface area contributed by atoms with Crippen LogP contribution in [0.4, 0.5) is 57.1 Å². The van der Waals surface area contributed by atoms with E-state index >= 15 is 0 Å². The molecule has 0 atom stereocenters. The zero-order valence-electron chi connectivity index (χ0n) is 15.7. The molecule has 0 aliphatic rings. The molecule has 0 aromatic carbocycles. The van der Waals surface area contributed by atoms with Crippen LogP contribution in [-0.4, -0.2) is 72.4 Å². The van der Waals surface area contributed by atoms with Gasteiger partial charge in [0, 0.05) is 18.4 Å². The van der Waals surface area contributed by atoms with Gasteiger partial charge in [0.15, 0.2) is 0 Å². The van der Waals surface area contributed by atoms with Gasteiger partial charge in [0.05, 0.1) is 19.8 Å². The van der Waals surface area contributed by atoms with E-state index in [1.165, 1.54) is 6.92 Å². The molecular formula is C15H19F13O3. The first-order chi connectivity index (χ1) is 13.6. The molecule has 0 saturated carbocycles. The summed E-state index contributed by atoms with van der Waals surface area (Å²) >= 11 is 0. The Morgan fingerprint density at radius 3 is 1.42 bits per heavy atom. The maximum Gasteiger partial charge on any atom is 0.460 e. The van der Waals surface area contributed by atoms with Crippen molar-refractivity contribution >= 4 is 0 Å². The maximum atomic E-state index is 13.5. The molecule has 0 aliphatic carbocycles. The van der Waals surface area contributed by atoms with E-state index < -0.39 is 80.5 Å². The molecule has 188 valence electrons. The van der Waals surface area contributed by atoms with Gasteiger partial charge in [-0.05, 0) is 12.8 Å². The SMILES string of the molecule is CCC(CO)(CO)COCCCC(F)(F)C(F)(F)C(F)(F)C(F)(F)C(F)(F)C(F)(F)F. The molecule has 0 aromatic heterocycles. The summed E-state index contributed by atoms with van der Waals surface area (Å²) in [7, 11) is 0. The van der Waals surface area contributed by atoms with Gasteiger partial charge in [-0.2, -0.15) is 57.1 Å². The first kappa shape index (κ1) is 30.0. The second kappa shape index (κ2) is 9.45. The highest BCUT2D eigenvalue weighted by molar-refractivity contribution is 5.10. The van der Waals surface area contributed by atoms with Gasteiger partial charge >= 0.3 is 35.8 Å². The monoisotopic (exact) mass is 494 g/mol. The minimum atomic E-state index is -7.91. The van der Waals surface area contributed by atoms with Gasteiger partial charge < -0.3 is 14.9 Å². The number of aliphatic hydroxyl groups is 2. The van der Waals surface area contributed by atoms with Gasteiger partial charge in [-0.15, -0.1) is 0 Å². The van der Waals surface area contributed by atoms with Crippen LogP contribution in [0.15, 0.2) is 0 Å². The second-order valence-electron chi connectivity index (χ2n) is 6.83. The minimum absolute atomic E-state index is 0.100. The van der Waals surface area contributed by atoms with E-state index in [0.717, 1.165) is 0 Å². The van der Waals surface area contributed by atoms with E-state index in [1.54, 1.807) is 0 Å². The number of aliphatic hydroxyl groups excluding tert-OH is 2. The summed E-state index contributed by atoms with van der Waals surface area (Å²) in [6.45, 7) is -1.24. The normalized spacial score (nSPS) is 15.5. The Hall–Kier alpha value is -1.03. The molecule has 0 heterocycles. The van der Waals surface area contributed by atoms with Crippen LogP contribution in [0.2, 0.25) is 0 Å². The largest absolute Gasteiger partial charge is 0.460 e. The lowest BCUT2D eigenvalue weighted by atomic mass is 9.88. The molecule has 3 nitrogen and oxygen atoms in total. The topological polar surface area (TPSA) is 49.7 Å². The van der Waals surface area contributed by atoms with Gasteiger partial charge in [-0.1, -0.05) is 6.92 Å². The fraction of sp³-hybridized carbons (Fsp3) is 1.00. The third-order valence-corrected chi connectivity index (χ3v) is 4.61. The molecule has 16 heteroatoms. The summed E-state index contributed by atoms with van der Waals surface area (Å²) in [6, 6.07) is 0. The van der Waals surface area contributed by atoms with E-state index in [0.29, 0.717) is 0 Å². The number of ether oxygens (including phenoxy) is 1. The second-order valence-corrected chi connectivity index (χ2v) is 6.83. The van der Waals surface area contributed by atoms with Crippen LogP contribution in [-0.2, 0) is 4.74 Å². The van der Waals surface area contributed by atoms with Crippen molar-refractivity contribution in [1.82, 2.24) is 0 Å². The fourth-order valence-electron chi connectivity index (χ4n) is 2.11. The zero-order valence-corrected chi connectivity index (χ0v) is 15.7. The van der Waals surface area contributed by atoms with E-state index in [1.807, 2.05) is 0 Å². The van der Waals surface area contributed by atoms with Crippen LogP contribution in [0.3, 0.4) is 0 Å². The summed E-state index contributed by atoms with van der Waals surface area (Å²) in [4.78, 5) is 0. The lowest BCUT2D eigenvalue weighted by Crippen LogP contribution is -2.70. The van der Waals surface area contributed by atoms with Gasteiger partial charge in [0.1, 0.15) is 0 Å². The third-order valence-electron chi connectivity index (χ3n) is 4.61. The highest BCUT2D eigenvalue weighted by Gasteiger charge is 2.90. The zero-order chi connectivity index (χ0) is 25.2. The van der Waals surface area contributed by atoms with Crippen molar-refractivity contribution in [3.63, 3.8) is 0 Å². The van der Waals surface area contributed by atoms with Crippen molar-refractivity contribution in [3.8, 4) is 0 Å². The number of halogens is 13. The molecule has 0 aromatic rings. The minimum Gasteiger partial charge on any atom is -0.396 e. The Morgan fingerprint density at radius 2 is 1.06 bits per heavy atom. The van der Waals surface area contributed by atoms with Crippen LogP contribution in [0.1, 0.15) is 26.2 Å². The molecule has 0 amide bonds. The molecule has 0 aliphatic heterocycles. The van der Waals surface area contributed by atoms with Crippen molar-refractivity contribution in [2.45, 2.75) is 62.0 Å². The average molecular weight is 494 g/mol. The molecule has 31 heavy (non-hydrogen) atoms. The third kappa shape index (κ3) is 5.31. The first-order valence-corrected chi connectivity index (χ1v) is 8.39. The summed E-state index contributed by atoms with van der Waals surface area (Å²) in [5.74, 6) is -36.9. The van der Waals surface area contributed by atoms with Crippen molar-refractivity contribution in [2.24, 2.45) is 5.41 Å². The van der Waals surface area contributed by atoms with Gasteiger partial charge in [0.25, 0.3) is 0 Å². The average Bonchev–Trinajstić information content (AvgIpc) is 2.63. The van der Waals surface area contributed by atoms with Crippen LogP contribution in [0.5, 0.6) is 0 Å². The van der Waals surface area contributed by atoms with Gasteiger partial charge in [-0.3, -0.25) is 0 Å². The van der Waals surface area contributed by atoms with Crippen molar-refractivity contribution < 1.29 is 72.0 Å². The molecule has 0 fully saturated rings. The summed E-state index contributed by atoms with van der Waals surface area (Å²) in [6.07, 6.45) is -10.9. The lowest BCUT2D eigenvalue weighted by Gasteiger charge is -2.39. The molecule has 2 N–H and O–H groups in total. The standard InChI is InChI=1S/C15H19F13O3/c1-2-9(6-29,7-30)8-31-5-3-4-10(16,17)11(18,19)12(20,21)13(22,23)14(24,25)15(26,27)28/h29-30H,2-8H2,1H3. The summed E-state index contributed by atoms with van der Waals surface area (Å²) in [5.41, 5.74) is -1.26. The Balaban J connectivity index is 5.42. The first-order valence-electron chi connectivity index (χ1n) is 8.39. The number of hydrogen-bond donors (Lipinski definition) is 2. The molecule has 0 rings (SSSR count). The van der Waals surface area contributed by atoms with Crippen LogP contribution < -0.4 is 0 Å².